The van der Waals surface area contributed by atoms with Crippen molar-refractivity contribution in [1.29, 1.82) is 0 Å². The van der Waals surface area contributed by atoms with E-state index in [9.17, 15) is 0 Å². The predicted octanol–water partition coefficient (Wildman–Crippen LogP) is 1.21. The summed E-state index contributed by atoms with van der Waals surface area (Å²) < 4.78 is 12.8. The normalized spacial score (nSPS) is 18.8. The Hall–Kier alpha value is -1.73. The minimum atomic E-state index is -0.758. The molecule has 1 saturated carbocycles. The Bertz CT molecular complexity index is 585. The molecule has 108 valence electrons. The molecule has 20 heavy (non-hydrogen) atoms. The Labute approximate surface area is 117 Å². The van der Waals surface area contributed by atoms with Crippen LogP contribution in [0.2, 0.25) is 0 Å². The highest BCUT2D eigenvalue weighted by molar-refractivity contribution is 5.44. The van der Waals surface area contributed by atoms with Crippen LogP contribution in [0.15, 0.2) is 17.0 Å². The predicted molar refractivity (Wildman–Crippen MR) is 71.6 cm³/mol. The monoisotopic (exact) mass is 277 g/mol. The van der Waals surface area contributed by atoms with Gasteiger partial charge in [0.05, 0.1) is 19.0 Å². The zero-order valence-electron chi connectivity index (χ0n) is 11.7. The topological polar surface area (TPSA) is 92.0 Å². The molecule has 0 spiro atoms. The van der Waals surface area contributed by atoms with Gasteiger partial charge in [0.2, 0.25) is 0 Å². The van der Waals surface area contributed by atoms with Crippen LogP contribution in [-0.2, 0) is 17.3 Å². The fourth-order valence-corrected chi connectivity index (χ4v) is 1.98. The number of ether oxygens (including phenoxy) is 1. The fourth-order valence-electron chi connectivity index (χ4n) is 1.98. The van der Waals surface area contributed by atoms with Crippen molar-refractivity contribution in [3.8, 4) is 11.6 Å². The molecule has 1 aliphatic carbocycles. The summed E-state index contributed by atoms with van der Waals surface area (Å²) in [6.07, 6.45) is 7.29. The van der Waals surface area contributed by atoms with Gasteiger partial charge in [-0.1, -0.05) is 5.16 Å². The zero-order valence-corrected chi connectivity index (χ0v) is 11.7. The first kappa shape index (κ1) is 13.3. The average Bonchev–Trinajstić information content (AvgIpc) is 2.94. The molecule has 0 aliphatic heterocycles. The highest BCUT2D eigenvalue weighted by Crippen LogP contribution is 2.25. The van der Waals surface area contributed by atoms with Crippen LogP contribution >= 0.6 is 0 Å². The Kier molecular flexibility index (Phi) is 3.31. The third-order valence-electron chi connectivity index (χ3n) is 3.53. The third kappa shape index (κ3) is 2.59. The van der Waals surface area contributed by atoms with Crippen molar-refractivity contribution in [2.75, 3.05) is 6.61 Å². The standard InChI is InChI=1S/C13H19N5O2/c1-13(14,7-19-9-4-3-5-9)12-16-11(20-17-12)10-6-18(2)8-15-10/h6,8-9H,3-5,7,14H2,1-2H3. The van der Waals surface area contributed by atoms with Crippen LogP contribution in [-0.4, -0.2) is 32.4 Å². The van der Waals surface area contributed by atoms with Crippen LogP contribution in [0, 0.1) is 0 Å². The lowest BCUT2D eigenvalue weighted by Gasteiger charge is -2.29. The van der Waals surface area contributed by atoms with Crippen LogP contribution in [0.5, 0.6) is 0 Å². The molecular weight excluding hydrogens is 258 g/mol. The van der Waals surface area contributed by atoms with E-state index >= 15 is 0 Å². The fraction of sp³-hybridized carbons (Fsp3) is 0.615. The van der Waals surface area contributed by atoms with Gasteiger partial charge in [0.1, 0.15) is 11.2 Å². The van der Waals surface area contributed by atoms with E-state index < -0.39 is 5.54 Å². The molecule has 0 aromatic carbocycles. The minimum Gasteiger partial charge on any atom is -0.376 e. The molecule has 1 unspecified atom stereocenters. The molecule has 2 N–H and O–H groups in total. The summed E-state index contributed by atoms with van der Waals surface area (Å²) >= 11 is 0. The van der Waals surface area contributed by atoms with E-state index in [0.717, 1.165) is 12.8 Å². The first-order chi connectivity index (χ1) is 9.54. The van der Waals surface area contributed by atoms with Crippen LogP contribution < -0.4 is 5.73 Å². The second-order valence-electron chi connectivity index (χ2n) is 5.63. The smallest absolute Gasteiger partial charge is 0.278 e. The number of aryl methyl sites for hydroxylation is 1. The van der Waals surface area contributed by atoms with Gasteiger partial charge in [-0.15, -0.1) is 0 Å². The van der Waals surface area contributed by atoms with E-state index in [0.29, 0.717) is 30.1 Å². The largest absolute Gasteiger partial charge is 0.376 e. The number of nitrogens with two attached hydrogens (primary N) is 1. The first-order valence-corrected chi connectivity index (χ1v) is 6.77. The van der Waals surface area contributed by atoms with E-state index in [4.69, 9.17) is 15.0 Å². The van der Waals surface area contributed by atoms with Gasteiger partial charge < -0.3 is 19.6 Å². The molecule has 0 radical (unpaired) electrons. The summed E-state index contributed by atoms with van der Waals surface area (Å²) in [6, 6.07) is 0. The van der Waals surface area contributed by atoms with Gasteiger partial charge in [0.25, 0.3) is 5.89 Å². The Morgan fingerprint density at radius 2 is 2.35 bits per heavy atom. The van der Waals surface area contributed by atoms with Gasteiger partial charge >= 0.3 is 0 Å². The number of nitrogens with zero attached hydrogens (tertiary/aromatic N) is 4. The van der Waals surface area contributed by atoms with Gasteiger partial charge in [0.15, 0.2) is 5.82 Å². The molecule has 2 aromatic heterocycles. The van der Waals surface area contributed by atoms with Crippen LogP contribution in [0.25, 0.3) is 11.6 Å². The van der Waals surface area contributed by atoms with E-state index in [-0.39, 0.29) is 0 Å². The maximum Gasteiger partial charge on any atom is 0.278 e. The van der Waals surface area contributed by atoms with E-state index in [1.807, 2.05) is 24.7 Å². The molecule has 7 nitrogen and oxygen atoms in total. The van der Waals surface area contributed by atoms with Gasteiger partial charge in [-0.2, -0.15) is 4.98 Å². The van der Waals surface area contributed by atoms with Crippen molar-refractivity contribution < 1.29 is 9.26 Å². The van der Waals surface area contributed by atoms with E-state index in [1.165, 1.54) is 6.42 Å². The van der Waals surface area contributed by atoms with Crippen molar-refractivity contribution in [2.45, 2.75) is 37.8 Å². The lowest BCUT2D eigenvalue weighted by atomic mass is 9.95. The number of imidazole rings is 1. The molecule has 1 fully saturated rings. The maximum atomic E-state index is 6.23. The van der Waals surface area contributed by atoms with E-state index in [1.54, 1.807) is 6.33 Å². The quantitative estimate of drug-likeness (QED) is 0.883. The Morgan fingerprint density at radius 3 is 2.95 bits per heavy atom. The lowest BCUT2D eigenvalue weighted by molar-refractivity contribution is -0.0222. The molecule has 3 rings (SSSR count). The zero-order chi connectivity index (χ0) is 14.2. The van der Waals surface area contributed by atoms with Gasteiger partial charge in [-0.05, 0) is 26.2 Å². The average molecular weight is 277 g/mol. The molecule has 2 heterocycles. The summed E-state index contributed by atoms with van der Waals surface area (Å²) in [7, 11) is 1.88. The number of hydrogen-bond donors (Lipinski definition) is 1. The molecule has 0 saturated heterocycles. The molecule has 1 aliphatic rings. The highest BCUT2D eigenvalue weighted by atomic mass is 16.5. The Morgan fingerprint density at radius 1 is 1.55 bits per heavy atom. The Balaban J connectivity index is 1.71. The van der Waals surface area contributed by atoms with Gasteiger partial charge in [0, 0.05) is 13.2 Å². The van der Waals surface area contributed by atoms with Crippen molar-refractivity contribution in [1.82, 2.24) is 19.7 Å². The number of rotatable bonds is 5. The second kappa shape index (κ2) is 4.99. The van der Waals surface area contributed by atoms with Crippen LogP contribution in [0.4, 0.5) is 0 Å². The van der Waals surface area contributed by atoms with Crippen LogP contribution in [0.1, 0.15) is 32.0 Å². The molecule has 0 amide bonds. The third-order valence-corrected chi connectivity index (χ3v) is 3.53. The number of aromatic nitrogens is 4. The molecule has 1 atom stereocenters. The van der Waals surface area contributed by atoms with Crippen molar-refractivity contribution in [3.05, 3.63) is 18.3 Å². The number of hydrogen-bond acceptors (Lipinski definition) is 6. The van der Waals surface area contributed by atoms with Gasteiger partial charge in [-0.3, -0.25) is 0 Å². The lowest BCUT2D eigenvalue weighted by Crippen LogP contribution is -2.41. The van der Waals surface area contributed by atoms with Crippen molar-refractivity contribution in [2.24, 2.45) is 12.8 Å². The summed E-state index contributed by atoms with van der Waals surface area (Å²) in [5.74, 6) is 0.818. The molecule has 0 bridgehead atoms. The summed E-state index contributed by atoms with van der Waals surface area (Å²) in [4.78, 5) is 8.50. The first-order valence-electron chi connectivity index (χ1n) is 6.77. The van der Waals surface area contributed by atoms with Crippen molar-refractivity contribution >= 4 is 0 Å². The molecule has 2 aromatic rings. The summed E-state index contributed by atoms with van der Waals surface area (Å²) in [6.45, 7) is 2.23. The highest BCUT2D eigenvalue weighted by Gasteiger charge is 2.31. The second-order valence-corrected chi connectivity index (χ2v) is 5.63. The molecule has 7 heteroatoms. The van der Waals surface area contributed by atoms with Crippen LogP contribution in [0.3, 0.4) is 0 Å². The van der Waals surface area contributed by atoms with Crippen molar-refractivity contribution in [3.63, 3.8) is 0 Å². The summed E-state index contributed by atoms with van der Waals surface area (Å²) in [5, 5.41) is 3.95. The minimum absolute atomic E-state index is 0.333. The van der Waals surface area contributed by atoms with E-state index in [2.05, 4.69) is 15.1 Å². The SMILES string of the molecule is Cn1cnc(-c2nc(C(C)(N)COC3CCC3)no2)c1. The maximum absolute atomic E-state index is 6.23. The summed E-state index contributed by atoms with van der Waals surface area (Å²) in [5.41, 5.74) is 6.11. The van der Waals surface area contributed by atoms with Gasteiger partial charge in [-0.25, -0.2) is 4.98 Å². The molecular formula is C13H19N5O2.